The van der Waals surface area contributed by atoms with Crippen LogP contribution in [0.4, 0.5) is 30.5 Å². The Hall–Kier alpha value is -4.99. The molecule has 0 saturated carbocycles. The van der Waals surface area contributed by atoms with Crippen LogP contribution in [-0.2, 0) is 0 Å². The topological polar surface area (TPSA) is 169 Å². The maximum absolute atomic E-state index is 12.9. The van der Waals surface area contributed by atoms with E-state index in [0.29, 0.717) is 11.3 Å². The summed E-state index contributed by atoms with van der Waals surface area (Å²) >= 11 is 0. The second-order valence-electron chi connectivity index (χ2n) is 8.70. The molecular weight excluding hydrogens is 533 g/mol. The van der Waals surface area contributed by atoms with Crippen LogP contribution >= 0.6 is 0 Å². The van der Waals surface area contributed by atoms with Crippen LogP contribution in [0.25, 0.3) is 17.1 Å². The molecule has 0 unspecified atom stereocenters. The van der Waals surface area contributed by atoms with Crippen LogP contribution in [0.15, 0.2) is 53.5 Å². The molecule has 1 aliphatic heterocycles. The van der Waals surface area contributed by atoms with E-state index in [4.69, 9.17) is 10.2 Å². The highest BCUT2D eigenvalue weighted by Crippen LogP contribution is 2.24. The predicted molar refractivity (Wildman–Crippen MR) is 137 cm³/mol. The molecule has 40 heavy (non-hydrogen) atoms. The van der Waals surface area contributed by atoms with E-state index in [0.717, 1.165) is 38.3 Å². The molecule has 2 amide bonds. The van der Waals surface area contributed by atoms with Crippen LogP contribution in [0, 0.1) is 0 Å². The van der Waals surface area contributed by atoms with Crippen LogP contribution in [0.2, 0.25) is 0 Å². The summed E-state index contributed by atoms with van der Waals surface area (Å²) < 4.78 is 44.2. The first-order chi connectivity index (χ1) is 19.2. The number of nitrogens with two attached hydrogens (primary N) is 1. The molecule has 0 spiro atoms. The van der Waals surface area contributed by atoms with Gasteiger partial charge >= 0.3 is 6.18 Å². The zero-order chi connectivity index (χ0) is 28.3. The molecule has 4 aromatic heterocycles. The fourth-order valence-electron chi connectivity index (χ4n) is 3.92. The minimum Gasteiger partial charge on any atom is -0.444 e. The van der Waals surface area contributed by atoms with Crippen molar-refractivity contribution in [2.45, 2.75) is 6.18 Å². The molecule has 0 aromatic carbocycles. The number of amides is 2. The van der Waals surface area contributed by atoms with Crippen molar-refractivity contribution in [1.29, 1.82) is 0 Å². The summed E-state index contributed by atoms with van der Waals surface area (Å²) in [5.41, 5.74) is 6.01. The van der Waals surface area contributed by atoms with Gasteiger partial charge in [-0.05, 0) is 24.3 Å². The van der Waals surface area contributed by atoms with E-state index < -0.39 is 24.5 Å². The first-order valence-corrected chi connectivity index (χ1v) is 12.0. The Morgan fingerprint density at radius 1 is 1.15 bits per heavy atom. The van der Waals surface area contributed by atoms with Gasteiger partial charge in [-0.1, -0.05) is 0 Å². The number of alkyl halides is 3. The second-order valence-corrected chi connectivity index (χ2v) is 8.70. The van der Waals surface area contributed by atoms with E-state index in [1.165, 1.54) is 29.2 Å². The van der Waals surface area contributed by atoms with Gasteiger partial charge in [0.1, 0.15) is 24.4 Å². The summed E-state index contributed by atoms with van der Waals surface area (Å²) in [6.07, 6.45) is 0.936. The molecule has 208 valence electrons. The van der Waals surface area contributed by atoms with Gasteiger partial charge < -0.3 is 31.0 Å². The van der Waals surface area contributed by atoms with Crippen molar-refractivity contribution in [3.05, 3.63) is 60.5 Å². The lowest BCUT2D eigenvalue weighted by molar-refractivity contribution is -0.115. The number of piperazine rings is 1. The summed E-state index contributed by atoms with van der Waals surface area (Å²) in [5, 5.41) is 12.2. The summed E-state index contributed by atoms with van der Waals surface area (Å²) in [7, 11) is 0. The molecule has 0 atom stereocenters. The molecule has 0 bridgehead atoms. The molecule has 4 aromatic rings. The third-order valence-corrected chi connectivity index (χ3v) is 5.85. The molecule has 5 heterocycles. The zero-order valence-electron chi connectivity index (χ0n) is 20.8. The number of nitrogens with one attached hydrogen (secondary N) is 3. The third-order valence-electron chi connectivity index (χ3n) is 5.85. The minimum atomic E-state index is -4.42. The lowest BCUT2D eigenvalue weighted by atomic mass is 10.2. The van der Waals surface area contributed by atoms with E-state index in [1.54, 1.807) is 12.3 Å². The lowest BCUT2D eigenvalue weighted by Crippen LogP contribution is -2.43. The number of rotatable bonds is 8. The predicted octanol–water partition coefficient (Wildman–Crippen LogP) is 2.05. The Kier molecular flexibility index (Phi) is 7.33. The molecule has 1 fully saturated rings. The number of halogens is 3. The quantitative estimate of drug-likeness (QED) is 0.252. The second kappa shape index (κ2) is 11.0. The Morgan fingerprint density at radius 3 is 2.65 bits per heavy atom. The van der Waals surface area contributed by atoms with Gasteiger partial charge in [-0.15, -0.1) is 0 Å². The van der Waals surface area contributed by atoms with E-state index in [1.807, 2.05) is 6.07 Å². The van der Waals surface area contributed by atoms with Gasteiger partial charge in [-0.3, -0.25) is 9.59 Å². The van der Waals surface area contributed by atoms with Crippen molar-refractivity contribution in [3.8, 4) is 17.1 Å². The van der Waals surface area contributed by atoms with Gasteiger partial charge in [0.2, 0.25) is 5.89 Å². The molecule has 1 saturated heterocycles. The maximum atomic E-state index is 12.9. The van der Waals surface area contributed by atoms with Crippen LogP contribution in [0.1, 0.15) is 21.0 Å². The number of hydrogen-bond donors (Lipinski definition) is 4. The van der Waals surface area contributed by atoms with Gasteiger partial charge in [0.05, 0.1) is 23.8 Å². The normalized spacial score (nSPS) is 13.7. The fourth-order valence-corrected chi connectivity index (χ4v) is 3.92. The zero-order valence-corrected chi connectivity index (χ0v) is 20.8. The first kappa shape index (κ1) is 26.6. The van der Waals surface area contributed by atoms with Crippen molar-refractivity contribution in [1.82, 2.24) is 30.0 Å². The third kappa shape index (κ3) is 6.17. The Labute approximate surface area is 224 Å². The van der Waals surface area contributed by atoms with Gasteiger partial charge in [-0.2, -0.15) is 18.3 Å². The van der Waals surface area contributed by atoms with E-state index in [2.05, 4.69) is 40.9 Å². The van der Waals surface area contributed by atoms with Crippen molar-refractivity contribution in [2.24, 2.45) is 5.73 Å². The molecule has 16 heteroatoms. The van der Waals surface area contributed by atoms with Gasteiger partial charge in [0, 0.05) is 37.9 Å². The number of oxazole rings is 1. The summed E-state index contributed by atoms with van der Waals surface area (Å²) in [4.78, 5) is 39.5. The van der Waals surface area contributed by atoms with Crippen LogP contribution < -0.4 is 26.6 Å². The van der Waals surface area contributed by atoms with Crippen LogP contribution in [0.3, 0.4) is 0 Å². The monoisotopic (exact) mass is 556 g/mol. The van der Waals surface area contributed by atoms with Crippen LogP contribution in [-0.4, -0.2) is 75.4 Å². The van der Waals surface area contributed by atoms with E-state index in [-0.39, 0.29) is 28.8 Å². The SMILES string of the molecule is NC(=O)c1nn(-c2ccc(N3CCNCC3)nc2)cc1NC(=O)c1coc(-c2ccnc(NCC(F)(F)F)c2)n1. The minimum absolute atomic E-state index is 0.0240. The van der Waals surface area contributed by atoms with E-state index in [9.17, 15) is 22.8 Å². The maximum Gasteiger partial charge on any atom is 0.405 e. The summed E-state index contributed by atoms with van der Waals surface area (Å²) in [6, 6.07) is 6.38. The van der Waals surface area contributed by atoms with Gasteiger partial charge in [-0.25, -0.2) is 19.6 Å². The number of hydrogen-bond acceptors (Lipinski definition) is 10. The summed E-state index contributed by atoms with van der Waals surface area (Å²) in [5.74, 6) is -0.859. The number of anilines is 3. The number of aromatic nitrogens is 5. The van der Waals surface area contributed by atoms with E-state index >= 15 is 0 Å². The first-order valence-electron chi connectivity index (χ1n) is 12.0. The number of primary amides is 1. The molecular formula is C24H23F3N10O3. The number of carbonyl (C=O) groups is 2. The molecule has 5 rings (SSSR count). The molecule has 13 nitrogen and oxygen atoms in total. The average molecular weight is 557 g/mol. The van der Waals surface area contributed by atoms with Gasteiger partial charge in [0.25, 0.3) is 11.8 Å². The number of nitrogens with zero attached hydrogens (tertiary/aromatic N) is 6. The highest BCUT2D eigenvalue weighted by Gasteiger charge is 2.27. The largest absolute Gasteiger partial charge is 0.444 e. The number of pyridine rings is 2. The van der Waals surface area contributed by atoms with Crippen LogP contribution in [0.5, 0.6) is 0 Å². The molecule has 5 N–H and O–H groups in total. The van der Waals surface area contributed by atoms with Crippen molar-refractivity contribution >= 4 is 29.1 Å². The Bertz CT molecular complexity index is 1510. The Balaban J connectivity index is 1.31. The van der Waals surface area contributed by atoms with Crippen molar-refractivity contribution < 1.29 is 27.2 Å². The Morgan fingerprint density at radius 2 is 1.95 bits per heavy atom. The smallest absolute Gasteiger partial charge is 0.405 e. The molecule has 0 radical (unpaired) electrons. The highest BCUT2D eigenvalue weighted by atomic mass is 19.4. The van der Waals surface area contributed by atoms with Crippen molar-refractivity contribution in [3.63, 3.8) is 0 Å². The molecule has 1 aliphatic rings. The fraction of sp³-hybridized carbons (Fsp3) is 0.250. The number of carbonyl (C=O) groups excluding carboxylic acids is 2. The van der Waals surface area contributed by atoms with Gasteiger partial charge in [0.15, 0.2) is 11.4 Å². The average Bonchev–Trinajstić information content (AvgIpc) is 3.61. The molecule has 0 aliphatic carbocycles. The lowest BCUT2D eigenvalue weighted by Gasteiger charge is -2.28. The highest BCUT2D eigenvalue weighted by molar-refractivity contribution is 6.07. The van der Waals surface area contributed by atoms with Crippen molar-refractivity contribution in [2.75, 3.05) is 48.3 Å². The standard InChI is InChI=1S/C24H23F3N10O3/c25-24(26,27)13-32-18-9-14(3-4-30-18)23-34-17(12-40-23)22(39)33-16-11-37(35-20(16)21(28)38)15-1-2-19(31-10-15)36-7-5-29-6-8-36/h1-4,9-12,29H,5-8,13H2,(H2,28,38)(H,30,32)(H,33,39). The summed E-state index contributed by atoms with van der Waals surface area (Å²) in [6.45, 7) is 2.12.